The molecule has 1 saturated heterocycles. The summed E-state index contributed by atoms with van der Waals surface area (Å²) in [4.78, 5) is 0.461. The summed E-state index contributed by atoms with van der Waals surface area (Å²) in [6.07, 6.45) is 2.09. The standard InChI is InChI=1S/C13H19NO2S/c1-11-4-2-6-13(8-11)17(15,16)10-12-5-3-7-14-9-12/h2,4,6,8,12,14H,3,5,7,9-10H2,1H3. The molecule has 0 bridgehead atoms. The van der Waals surface area contributed by atoms with Gasteiger partial charge in [-0.15, -0.1) is 0 Å². The first-order valence-electron chi connectivity index (χ1n) is 6.08. The fourth-order valence-corrected chi connectivity index (χ4v) is 4.03. The van der Waals surface area contributed by atoms with E-state index in [-0.39, 0.29) is 11.7 Å². The van der Waals surface area contributed by atoms with Crippen LogP contribution in [0.15, 0.2) is 29.2 Å². The number of rotatable bonds is 3. The lowest BCUT2D eigenvalue weighted by atomic mass is 10.0. The van der Waals surface area contributed by atoms with Crippen LogP contribution < -0.4 is 5.32 Å². The van der Waals surface area contributed by atoms with Crippen LogP contribution in [0, 0.1) is 12.8 Å². The summed E-state index contributed by atoms with van der Waals surface area (Å²) in [5.41, 5.74) is 0.993. The maximum absolute atomic E-state index is 12.2. The molecule has 1 atom stereocenters. The molecule has 1 aromatic carbocycles. The maximum atomic E-state index is 12.2. The first kappa shape index (κ1) is 12.6. The van der Waals surface area contributed by atoms with Crippen LogP contribution in [0.2, 0.25) is 0 Å². The van der Waals surface area contributed by atoms with E-state index in [0.29, 0.717) is 4.90 Å². The molecule has 1 unspecified atom stereocenters. The molecule has 2 rings (SSSR count). The van der Waals surface area contributed by atoms with E-state index in [0.717, 1.165) is 31.5 Å². The molecule has 17 heavy (non-hydrogen) atoms. The van der Waals surface area contributed by atoms with E-state index < -0.39 is 9.84 Å². The van der Waals surface area contributed by atoms with Crippen molar-refractivity contribution < 1.29 is 8.42 Å². The minimum absolute atomic E-state index is 0.259. The number of benzene rings is 1. The number of hydrogen-bond acceptors (Lipinski definition) is 3. The molecule has 1 heterocycles. The third-order valence-corrected chi connectivity index (χ3v) is 5.09. The van der Waals surface area contributed by atoms with E-state index in [9.17, 15) is 8.42 Å². The molecule has 0 saturated carbocycles. The average molecular weight is 253 g/mol. The van der Waals surface area contributed by atoms with Crippen LogP contribution in [-0.2, 0) is 9.84 Å². The Morgan fingerprint density at radius 3 is 2.88 bits per heavy atom. The molecule has 1 aliphatic heterocycles. The molecule has 1 fully saturated rings. The van der Waals surface area contributed by atoms with Crippen LogP contribution in [0.1, 0.15) is 18.4 Å². The van der Waals surface area contributed by atoms with Gasteiger partial charge in [-0.2, -0.15) is 0 Å². The second-order valence-electron chi connectivity index (χ2n) is 4.81. The van der Waals surface area contributed by atoms with Crippen LogP contribution in [0.5, 0.6) is 0 Å². The summed E-state index contributed by atoms with van der Waals surface area (Å²) in [6, 6.07) is 7.17. The molecular formula is C13H19NO2S. The summed E-state index contributed by atoms with van der Waals surface area (Å²) in [5, 5.41) is 3.26. The molecule has 1 aliphatic rings. The Labute approximate surface area is 103 Å². The van der Waals surface area contributed by atoms with Crippen LogP contribution in [0.25, 0.3) is 0 Å². The average Bonchev–Trinajstić information content (AvgIpc) is 2.30. The number of hydrogen-bond donors (Lipinski definition) is 1. The lowest BCUT2D eigenvalue weighted by Crippen LogP contribution is -2.33. The van der Waals surface area contributed by atoms with Gasteiger partial charge in [0.25, 0.3) is 0 Å². The van der Waals surface area contributed by atoms with Gasteiger partial charge in [-0.25, -0.2) is 8.42 Å². The van der Waals surface area contributed by atoms with Crippen molar-refractivity contribution in [2.75, 3.05) is 18.8 Å². The minimum Gasteiger partial charge on any atom is -0.316 e. The monoisotopic (exact) mass is 253 g/mol. The summed E-state index contributed by atoms with van der Waals surface area (Å²) < 4.78 is 24.4. The van der Waals surface area contributed by atoms with E-state index in [1.54, 1.807) is 18.2 Å². The van der Waals surface area contributed by atoms with Gasteiger partial charge >= 0.3 is 0 Å². The second-order valence-corrected chi connectivity index (χ2v) is 6.84. The molecule has 0 amide bonds. The lowest BCUT2D eigenvalue weighted by Gasteiger charge is -2.22. The highest BCUT2D eigenvalue weighted by atomic mass is 32.2. The minimum atomic E-state index is -3.12. The van der Waals surface area contributed by atoms with E-state index >= 15 is 0 Å². The quantitative estimate of drug-likeness (QED) is 0.893. The normalized spacial score (nSPS) is 21.4. The van der Waals surface area contributed by atoms with Gasteiger partial charge in [0.15, 0.2) is 9.84 Å². The highest BCUT2D eigenvalue weighted by Gasteiger charge is 2.22. The molecule has 1 aromatic rings. The van der Waals surface area contributed by atoms with Gasteiger partial charge in [-0.3, -0.25) is 0 Å². The zero-order chi connectivity index (χ0) is 12.3. The molecular weight excluding hydrogens is 234 g/mol. The Balaban J connectivity index is 2.13. The van der Waals surface area contributed by atoms with Crippen molar-refractivity contribution in [1.82, 2.24) is 5.32 Å². The van der Waals surface area contributed by atoms with Crippen LogP contribution >= 0.6 is 0 Å². The van der Waals surface area contributed by atoms with Gasteiger partial charge < -0.3 is 5.32 Å². The van der Waals surface area contributed by atoms with Crippen molar-refractivity contribution in [3.63, 3.8) is 0 Å². The molecule has 0 aliphatic carbocycles. The van der Waals surface area contributed by atoms with Crippen molar-refractivity contribution in [3.8, 4) is 0 Å². The van der Waals surface area contributed by atoms with Crippen LogP contribution in [0.4, 0.5) is 0 Å². The van der Waals surface area contributed by atoms with E-state index in [2.05, 4.69) is 5.32 Å². The predicted molar refractivity (Wildman–Crippen MR) is 68.8 cm³/mol. The predicted octanol–water partition coefficient (Wildman–Crippen LogP) is 1.77. The fourth-order valence-electron chi connectivity index (χ4n) is 2.28. The third-order valence-electron chi connectivity index (χ3n) is 3.20. The zero-order valence-corrected chi connectivity index (χ0v) is 11.0. The van der Waals surface area contributed by atoms with Gasteiger partial charge in [-0.05, 0) is 56.5 Å². The fraction of sp³-hybridized carbons (Fsp3) is 0.538. The highest BCUT2D eigenvalue weighted by molar-refractivity contribution is 7.91. The number of aryl methyl sites for hydroxylation is 1. The van der Waals surface area contributed by atoms with Crippen molar-refractivity contribution in [3.05, 3.63) is 29.8 Å². The van der Waals surface area contributed by atoms with Gasteiger partial charge in [0, 0.05) is 0 Å². The van der Waals surface area contributed by atoms with Crippen molar-refractivity contribution in [2.45, 2.75) is 24.7 Å². The first-order chi connectivity index (χ1) is 8.08. The molecule has 0 aromatic heterocycles. The topological polar surface area (TPSA) is 46.2 Å². The highest BCUT2D eigenvalue weighted by Crippen LogP contribution is 2.19. The van der Waals surface area contributed by atoms with Crippen LogP contribution in [-0.4, -0.2) is 27.3 Å². The Hall–Kier alpha value is -0.870. The molecule has 0 spiro atoms. The molecule has 3 nitrogen and oxygen atoms in total. The van der Waals surface area contributed by atoms with E-state index in [1.165, 1.54) is 0 Å². The Morgan fingerprint density at radius 2 is 2.24 bits per heavy atom. The first-order valence-corrected chi connectivity index (χ1v) is 7.73. The van der Waals surface area contributed by atoms with Crippen molar-refractivity contribution >= 4 is 9.84 Å². The van der Waals surface area contributed by atoms with Crippen LogP contribution in [0.3, 0.4) is 0 Å². The van der Waals surface area contributed by atoms with E-state index in [4.69, 9.17) is 0 Å². The Bertz CT molecular complexity index is 476. The number of sulfone groups is 1. The molecule has 4 heteroatoms. The molecule has 94 valence electrons. The van der Waals surface area contributed by atoms with Crippen molar-refractivity contribution in [2.24, 2.45) is 5.92 Å². The summed E-state index contributed by atoms with van der Waals surface area (Å²) >= 11 is 0. The van der Waals surface area contributed by atoms with Crippen molar-refractivity contribution in [1.29, 1.82) is 0 Å². The van der Waals surface area contributed by atoms with E-state index in [1.807, 2.05) is 13.0 Å². The lowest BCUT2D eigenvalue weighted by molar-refractivity contribution is 0.404. The van der Waals surface area contributed by atoms with Gasteiger partial charge in [0.2, 0.25) is 0 Å². The van der Waals surface area contributed by atoms with Gasteiger partial charge in [-0.1, -0.05) is 12.1 Å². The maximum Gasteiger partial charge on any atom is 0.178 e. The SMILES string of the molecule is Cc1cccc(S(=O)(=O)CC2CCCNC2)c1. The smallest absolute Gasteiger partial charge is 0.178 e. The largest absolute Gasteiger partial charge is 0.316 e. The number of nitrogens with one attached hydrogen (secondary N) is 1. The molecule has 1 N–H and O–H groups in total. The van der Waals surface area contributed by atoms with Gasteiger partial charge in [0.05, 0.1) is 10.6 Å². The Morgan fingerprint density at radius 1 is 1.41 bits per heavy atom. The summed E-state index contributed by atoms with van der Waals surface area (Å²) in [5.74, 6) is 0.526. The Kier molecular flexibility index (Phi) is 3.84. The summed E-state index contributed by atoms with van der Waals surface area (Å²) in [6.45, 7) is 3.76. The molecule has 0 radical (unpaired) electrons. The third kappa shape index (κ3) is 3.30. The zero-order valence-electron chi connectivity index (χ0n) is 10.1. The number of piperidine rings is 1. The van der Waals surface area contributed by atoms with Gasteiger partial charge in [0.1, 0.15) is 0 Å². The summed E-state index contributed by atoms with van der Waals surface area (Å²) in [7, 11) is -3.12. The second kappa shape index (κ2) is 5.19.